The second-order valence-corrected chi connectivity index (χ2v) is 5.06. The predicted octanol–water partition coefficient (Wildman–Crippen LogP) is 3.91. The Balaban J connectivity index is 2.66. The summed E-state index contributed by atoms with van der Waals surface area (Å²) < 4.78 is 14.6. The van der Waals surface area contributed by atoms with Gasteiger partial charge in [-0.1, -0.05) is 25.4 Å². The summed E-state index contributed by atoms with van der Waals surface area (Å²) in [7, 11) is 0. The van der Waals surface area contributed by atoms with Crippen molar-refractivity contribution in [3.63, 3.8) is 0 Å². The lowest BCUT2D eigenvalue weighted by atomic mass is 10.1. The standard InChI is InChI=1S/C14H14ClFN2O/c1-8(2)13-11(7-19)14(15)18(17-13)12-5-4-10(16)6-9(12)3/h4-8H,1-3H3. The Morgan fingerprint density at radius 1 is 1.42 bits per heavy atom. The van der Waals surface area contributed by atoms with Gasteiger partial charge in [-0.2, -0.15) is 5.10 Å². The van der Waals surface area contributed by atoms with Gasteiger partial charge in [-0.15, -0.1) is 0 Å². The van der Waals surface area contributed by atoms with Crippen molar-refractivity contribution in [3.8, 4) is 5.69 Å². The molecule has 1 aromatic heterocycles. The first-order chi connectivity index (χ1) is 8.95. The molecule has 0 fully saturated rings. The fourth-order valence-corrected chi connectivity index (χ4v) is 2.25. The summed E-state index contributed by atoms with van der Waals surface area (Å²) in [6.45, 7) is 5.65. The average Bonchev–Trinajstić information content (AvgIpc) is 2.66. The number of hydrogen-bond donors (Lipinski definition) is 0. The third kappa shape index (κ3) is 2.40. The van der Waals surface area contributed by atoms with Gasteiger partial charge in [0.25, 0.3) is 0 Å². The first-order valence-corrected chi connectivity index (χ1v) is 6.33. The van der Waals surface area contributed by atoms with Gasteiger partial charge in [0.1, 0.15) is 11.0 Å². The molecule has 0 amide bonds. The van der Waals surface area contributed by atoms with E-state index in [4.69, 9.17) is 11.6 Å². The van der Waals surface area contributed by atoms with E-state index in [1.165, 1.54) is 16.8 Å². The molecular formula is C14H14ClFN2O. The number of carbonyl (C=O) groups is 1. The van der Waals surface area contributed by atoms with Gasteiger partial charge in [0, 0.05) is 0 Å². The summed E-state index contributed by atoms with van der Waals surface area (Å²) in [6.07, 6.45) is 0.708. The smallest absolute Gasteiger partial charge is 0.155 e. The van der Waals surface area contributed by atoms with Crippen molar-refractivity contribution in [2.24, 2.45) is 0 Å². The molecule has 0 aliphatic heterocycles. The number of benzene rings is 1. The van der Waals surface area contributed by atoms with Gasteiger partial charge in [0.05, 0.1) is 16.9 Å². The second kappa shape index (κ2) is 5.13. The first-order valence-electron chi connectivity index (χ1n) is 5.95. The summed E-state index contributed by atoms with van der Waals surface area (Å²) >= 11 is 6.20. The first kappa shape index (κ1) is 13.7. The molecule has 2 rings (SSSR count). The van der Waals surface area contributed by atoms with Crippen molar-refractivity contribution in [2.75, 3.05) is 0 Å². The van der Waals surface area contributed by atoms with E-state index >= 15 is 0 Å². The predicted molar refractivity (Wildman–Crippen MR) is 72.7 cm³/mol. The monoisotopic (exact) mass is 280 g/mol. The van der Waals surface area contributed by atoms with Crippen LogP contribution in [0.2, 0.25) is 5.15 Å². The molecule has 0 saturated heterocycles. The minimum Gasteiger partial charge on any atom is -0.298 e. The molecule has 1 heterocycles. The van der Waals surface area contributed by atoms with Gasteiger partial charge in [-0.25, -0.2) is 9.07 Å². The maximum Gasteiger partial charge on any atom is 0.155 e. The van der Waals surface area contributed by atoms with Crippen LogP contribution in [0.25, 0.3) is 5.69 Å². The zero-order valence-electron chi connectivity index (χ0n) is 10.9. The summed E-state index contributed by atoms with van der Waals surface area (Å²) in [4.78, 5) is 11.1. The Kier molecular flexibility index (Phi) is 3.71. The van der Waals surface area contributed by atoms with E-state index in [0.29, 0.717) is 28.8 Å². The summed E-state index contributed by atoms with van der Waals surface area (Å²) in [6, 6.07) is 4.35. The number of carbonyl (C=O) groups excluding carboxylic acids is 1. The molecule has 5 heteroatoms. The minimum atomic E-state index is -0.316. The van der Waals surface area contributed by atoms with Crippen molar-refractivity contribution < 1.29 is 9.18 Å². The summed E-state index contributed by atoms with van der Waals surface area (Å²) in [5.74, 6) is -0.232. The van der Waals surface area contributed by atoms with Crippen LogP contribution in [0, 0.1) is 12.7 Å². The number of rotatable bonds is 3. The van der Waals surface area contributed by atoms with Crippen LogP contribution in [-0.4, -0.2) is 16.1 Å². The highest BCUT2D eigenvalue weighted by molar-refractivity contribution is 6.32. The Bertz CT molecular complexity index is 635. The SMILES string of the molecule is Cc1cc(F)ccc1-n1nc(C(C)C)c(C=O)c1Cl. The molecular weight excluding hydrogens is 267 g/mol. The fourth-order valence-electron chi connectivity index (χ4n) is 1.98. The molecule has 0 aliphatic carbocycles. The molecule has 0 saturated carbocycles. The normalized spacial score (nSPS) is 11.1. The van der Waals surface area contributed by atoms with E-state index in [2.05, 4.69) is 5.10 Å². The summed E-state index contributed by atoms with van der Waals surface area (Å²) in [5.41, 5.74) is 2.41. The molecule has 1 aromatic carbocycles. The number of hydrogen-bond acceptors (Lipinski definition) is 2. The fraction of sp³-hybridized carbons (Fsp3) is 0.286. The zero-order valence-corrected chi connectivity index (χ0v) is 11.7. The lowest BCUT2D eigenvalue weighted by Crippen LogP contribution is -2.01. The second-order valence-electron chi connectivity index (χ2n) is 4.70. The molecule has 0 bridgehead atoms. The highest BCUT2D eigenvalue weighted by atomic mass is 35.5. The largest absolute Gasteiger partial charge is 0.298 e. The van der Waals surface area contributed by atoms with E-state index < -0.39 is 0 Å². The molecule has 0 N–H and O–H groups in total. The van der Waals surface area contributed by atoms with E-state index in [9.17, 15) is 9.18 Å². The molecule has 100 valence electrons. The van der Waals surface area contributed by atoms with Crippen LogP contribution in [0.4, 0.5) is 4.39 Å². The molecule has 0 unspecified atom stereocenters. The van der Waals surface area contributed by atoms with E-state index in [1.807, 2.05) is 13.8 Å². The van der Waals surface area contributed by atoms with Gasteiger partial charge in [0.2, 0.25) is 0 Å². The van der Waals surface area contributed by atoms with E-state index in [0.717, 1.165) is 0 Å². The average molecular weight is 281 g/mol. The highest BCUT2D eigenvalue weighted by Gasteiger charge is 2.19. The van der Waals surface area contributed by atoms with Gasteiger partial charge in [-0.05, 0) is 36.6 Å². The number of halogens is 2. The van der Waals surface area contributed by atoms with Crippen LogP contribution in [0.15, 0.2) is 18.2 Å². The van der Waals surface area contributed by atoms with Crippen molar-refractivity contribution in [1.29, 1.82) is 0 Å². The Morgan fingerprint density at radius 3 is 2.58 bits per heavy atom. The number of aromatic nitrogens is 2. The Morgan fingerprint density at radius 2 is 2.11 bits per heavy atom. The number of aldehydes is 1. The molecule has 19 heavy (non-hydrogen) atoms. The van der Waals surface area contributed by atoms with Crippen LogP contribution >= 0.6 is 11.6 Å². The lowest BCUT2D eigenvalue weighted by molar-refractivity contribution is 0.112. The molecule has 0 aliphatic rings. The number of nitrogens with zero attached hydrogens (tertiary/aromatic N) is 2. The van der Waals surface area contributed by atoms with Gasteiger partial charge in [0.15, 0.2) is 6.29 Å². The van der Waals surface area contributed by atoms with Gasteiger partial charge < -0.3 is 0 Å². The van der Waals surface area contributed by atoms with Crippen LogP contribution in [-0.2, 0) is 0 Å². The van der Waals surface area contributed by atoms with E-state index in [-0.39, 0.29) is 16.9 Å². The molecule has 2 aromatic rings. The van der Waals surface area contributed by atoms with Crippen LogP contribution in [0.1, 0.15) is 41.4 Å². The minimum absolute atomic E-state index is 0.0831. The topological polar surface area (TPSA) is 34.9 Å². The maximum atomic E-state index is 13.1. The molecule has 0 atom stereocenters. The van der Waals surface area contributed by atoms with Crippen LogP contribution < -0.4 is 0 Å². The quantitative estimate of drug-likeness (QED) is 0.799. The molecule has 0 spiro atoms. The van der Waals surface area contributed by atoms with Gasteiger partial charge in [-0.3, -0.25) is 4.79 Å². The van der Waals surface area contributed by atoms with Gasteiger partial charge >= 0.3 is 0 Å². The Labute approximate surface area is 116 Å². The molecule has 0 radical (unpaired) electrons. The summed E-state index contributed by atoms with van der Waals surface area (Å²) in [5, 5.41) is 4.63. The lowest BCUT2D eigenvalue weighted by Gasteiger charge is -2.07. The van der Waals surface area contributed by atoms with Crippen molar-refractivity contribution in [3.05, 3.63) is 46.0 Å². The third-order valence-corrected chi connectivity index (χ3v) is 3.31. The Hall–Kier alpha value is -1.68. The van der Waals surface area contributed by atoms with Crippen molar-refractivity contribution in [1.82, 2.24) is 9.78 Å². The molecule has 3 nitrogen and oxygen atoms in total. The third-order valence-electron chi connectivity index (χ3n) is 2.94. The van der Waals surface area contributed by atoms with Crippen molar-refractivity contribution in [2.45, 2.75) is 26.7 Å². The maximum absolute atomic E-state index is 13.1. The zero-order chi connectivity index (χ0) is 14.2. The highest BCUT2D eigenvalue weighted by Crippen LogP contribution is 2.28. The van der Waals surface area contributed by atoms with E-state index in [1.54, 1.807) is 13.0 Å². The van der Waals surface area contributed by atoms with Crippen LogP contribution in [0.3, 0.4) is 0 Å². The van der Waals surface area contributed by atoms with Crippen LogP contribution in [0.5, 0.6) is 0 Å². The van der Waals surface area contributed by atoms with Crippen molar-refractivity contribution >= 4 is 17.9 Å². The number of aryl methyl sites for hydroxylation is 1.